The van der Waals surface area contributed by atoms with E-state index >= 15 is 0 Å². The molecule has 0 aliphatic rings. The average molecular weight is 287 g/mol. The predicted octanol–water partition coefficient (Wildman–Crippen LogP) is 1.52. The zero-order valence-electron chi connectivity index (χ0n) is 12.4. The fourth-order valence-corrected chi connectivity index (χ4v) is 2.13. The van der Waals surface area contributed by atoms with Gasteiger partial charge >= 0.3 is 0 Å². The second-order valence-electron chi connectivity index (χ2n) is 5.50. The summed E-state index contributed by atoms with van der Waals surface area (Å²) in [5, 5.41) is 13.8. The van der Waals surface area contributed by atoms with E-state index in [0.29, 0.717) is 30.3 Å². The molecular formula is C16H21N3O2. The second-order valence-corrected chi connectivity index (χ2v) is 5.50. The van der Waals surface area contributed by atoms with Crippen molar-refractivity contribution < 1.29 is 5.11 Å². The lowest BCUT2D eigenvalue weighted by atomic mass is 10.1. The lowest BCUT2D eigenvalue weighted by Crippen LogP contribution is -2.28. The number of benzene rings is 1. The van der Waals surface area contributed by atoms with Gasteiger partial charge in [0.2, 0.25) is 0 Å². The quantitative estimate of drug-likeness (QED) is 0.873. The second kappa shape index (κ2) is 6.65. The van der Waals surface area contributed by atoms with Gasteiger partial charge in [-0.15, -0.1) is 0 Å². The van der Waals surface area contributed by atoms with Crippen molar-refractivity contribution in [3.63, 3.8) is 0 Å². The van der Waals surface area contributed by atoms with Crippen LogP contribution >= 0.6 is 0 Å². The van der Waals surface area contributed by atoms with Gasteiger partial charge in [0.05, 0.1) is 12.3 Å². The zero-order chi connectivity index (χ0) is 15.4. The Kier molecular flexibility index (Phi) is 4.88. The van der Waals surface area contributed by atoms with Crippen LogP contribution in [0.25, 0.3) is 11.3 Å². The van der Waals surface area contributed by atoms with Crippen molar-refractivity contribution in [3.05, 3.63) is 51.8 Å². The molecule has 0 aliphatic carbocycles. The van der Waals surface area contributed by atoms with Crippen LogP contribution in [0.3, 0.4) is 0 Å². The summed E-state index contributed by atoms with van der Waals surface area (Å²) in [6, 6.07) is 9.38. The van der Waals surface area contributed by atoms with E-state index < -0.39 is 0 Å². The molecule has 0 unspecified atom stereocenters. The topological polar surface area (TPSA) is 81.1 Å². The highest BCUT2D eigenvalue weighted by molar-refractivity contribution is 5.59. The molecule has 112 valence electrons. The van der Waals surface area contributed by atoms with Crippen LogP contribution in [0.15, 0.2) is 35.1 Å². The summed E-state index contributed by atoms with van der Waals surface area (Å²) in [7, 11) is 0. The Morgan fingerprint density at radius 1 is 1.29 bits per heavy atom. The lowest BCUT2D eigenvalue weighted by molar-refractivity contribution is 0.277. The van der Waals surface area contributed by atoms with Crippen LogP contribution in [0.1, 0.15) is 25.0 Å². The monoisotopic (exact) mass is 287 g/mol. The van der Waals surface area contributed by atoms with E-state index in [-0.39, 0.29) is 12.2 Å². The van der Waals surface area contributed by atoms with Gasteiger partial charge in [0.1, 0.15) is 0 Å². The van der Waals surface area contributed by atoms with E-state index in [0.717, 1.165) is 11.1 Å². The number of nitrogens with zero attached hydrogens (tertiary/aromatic N) is 2. The summed E-state index contributed by atoms with van der Waals surface area (Å²) >= 11 is 0. The number of aliphatic hydroxyl groups is 1. The molecule has 1 aromatic carbocycles. The van der Waals surface area contributed by atoms with E-state index in [1.165, 1.54) is 4.68 Å². The Hall–Kier alpha value is -1.98. The largest absolute Gasteiger partial charge is 0.391 e. The van der Waals surface area contributed by atoms with Gasteiger partial charge in [-0.05, 0) is 17.5 Å². The third-order valence-electron chi connectivity index (χ3n) is 3.24. The average Bonchev–Trinajstić information content (AvgIpc) is 2.49. The van der Waals surface area contributed by atoms with Crippen LogP contribution in [-0.2, 0) is 19.7 Å². The molecular weight excluding hydrogens is 266 g/mol. The molecule has 2 aromatic rings. The highest BCUT2D eigenvalue weighted by Crippen LogP contribution is 2.17. The first-order valence-electron chi connectivity index (χ1n) is 7.06. The SMILES string of the molecule is CC(C)Cn1nc(-c2ccc(CN)cc2)cc(CO)c1=O. The Bertz CT molecular complexity index is 660. The van der Waals surface area contributed by atoms with Crippen molar-refractivity contribution in [1.82, 2.24) is 9.78 Å². The highest BCUT2D eigenvalue weighted by Gasteiger charge is 2.10. The summed E-state index contributed by atoms with van der Waals surface area (Å²) in [6.45, 7) is 4.78. The van der Waals surface area contributed by atoms with Gasteiger partial charge < -0.3 is 10.8 Å². The first-order valence-corrected chi connectivity index (χ1v) is 7.06. The van der Waals surface area contributed by atoms with Crippen molar-refractivity contribution in [3.8, 4) is 11.3 Å². The van der Waals surface area contributed by atoms with E-state index in [1.807, 2.05) is 38.1 Å². The standard InChI is InChI=1S/C16H21N3O2/c1-11(2)9-19-16(21)14(10-20)7-15(18-19)13-5-3-12(8-17)4-6-13/h3-7,11,20H,8-10,17H2,1-2H3. The van der Waals surface area contributed by atoms with E-state index in [4.69, 9.17) is 5.73 Å². The molecule has 0 spiro atoms. The number of hydrogen-bond donors (Lipinski definition) is 2. The molecule has 0 radical (unpaired) electrons. The smallest absolute Gasteiger partial charge is 0.272 e. The number of aromatic nitrogens is 2. The molecule has 0 atom stereocenters. The van der Waals surface area contributed by atoms with Crippen LogP contribution in [0.5, 0.6) is 0 Å². The third kappa shape index (κ3) is 3.56. The summed E-state index contributed by atoms with van der Waals surface area (Å²) in [6.07, 6.45) is 0. The number of aliphatic hydroxyl groups excluding tert-OH is 1. The minimum absolute atomic E-state index is 0.228. The molecule has 5 nitrogen and oxygen atoms in total. The van der Waals surface area contributed by atoms with Crippen molar-refractivity contribution >= 4 is 0 Å². The van der Waals surface area contributed by atoms with Crippen LogP contribution in [0.2, 0.25) is 0 Å². The first-order chi connectivity index (χ1) is 10.0. The van der Waals surface area contributed by atoms with Crippen LogP contribution in [-0.4, -0.2) is 14.9 Å². The predicted molar refractivity (Wildman–Crippen MR) is 82.6 cm³/mol. The molecule has 0 amide bonds. The molecule has 0 bridgehead atoms. The van der Waals surface area contributed by atoms with E-state index in [2.05, 4.69) is 5.10 Å². The maximum absolute atomic E-state index is 12.1. The number of rotatable bonds is 5. The normalized spacial score (nSPS) is 11.1. The van der Waals surface area contributed by atoms with E-state index in [1.54, 1.807) is 6.07 Å². The Morgan fingerprint density at radius 2 is 1.95 bits per heavy atom. The van der Waals surface area contributed by atoms with E-state index in [9.17, 15) is 9.90 Å². The Balaban J connectivity index is 2.49. The van der Waals surface area contributed by atoms with Crippen molar-refractivity contribution in [2.75, 3.05) is 0 Å². The van der Waals surface area contributed by atoms with Crippen LogP contribution < -0.4 is 11.3 Å². The molecule has 0 fully saturated rings. The van der Waals surface area contributed by atoms with Gasteiger partial charge in [0, 0.05) is 24.2 Å². The maximum atomic E-state index is 12.1. The highest BCUT2D eigenvalue weighted by atomic mass is 16.3. The fraction of sp³-hybridized carbons (Fsp3) is 0.375. The third-order valence-corrected chi connectivity index (χ3v) is 3.24. The maximum Gasteiger partial charge on any atom is 0.272 e. The Morgan fingerprint density at radius 3 is 2.48 bits per heavy atom. The van der Waals surface area contributed by atoms with Crippen molar-refractivity contribution in [2.45, 2.75) is 33.5 Å². The number of nitrogens with two attached hydrogens (primary N) is 1. The summed E-state index contributed by atoms with van der Waals surface area (Å²) < 4.78 is 1.43. The molecule has 0 saturated carbocycles. The van der Waals surface area contributed by atoms with Gasteiger partial charge in [0.25, 0.3) is 5.56 Å². The zero-order valence-corrected chi connectivity index (χ0v) is 12.4. The summed E-state index contributed by atoms with van der Waals surface area (Å²) in [5.41, 5.74) is 8.35. The van der Waals surface area contributed by atoms with Gasteiger partial charge in [-0.2, -0.15) is 5.10 Å². The summed E-state index contributed by atoms with van der Waals surface area (Å²) in [5.74, 6) is 0.302. The minimum atomic E-state index is -0.284. The van der Waals surface area contributed by atoms with Crippen molar-refractivity contribution in [2.24, 2.45) is 11.7 Å². The molecule has 1 heterocycles. The van der Waals surface area contributed by atoms with Gasteiger partial charge in [-0.25, -0.2) is 4.68 Å². The molecule has 3 N–H and O–H groups in total. The molecule has 5 heteroatoms. The molecule has 1 aromatic heterocycles. The van der Waals surface area contributed by atoms with Crippen LogP contribution in [0.4, 0.5) is 0 Å². The van der Waals surface area contributed by atoms with Gasteiger partial charge in [0.15, 0.2) is 0 Å². The molecule has 0 aliphatic heterocycles. The van der Waals surface area contributed by atoms with Gasteiger partial charge in [-0.1, -0.05) is 38.1 Å². The summed E-state index contributed by atoms with van der Waals surface area (Å²) in [4.78, 5) is 12.1. The number of hydrogen-bond acceptors (Lipinski definition) is 4. The van der Waals surface area contributed by atoms with Gasteiger partial charge in [-0.3, -0.25) is 4.79 Å². The van der Waals surface area contributed by atoms with Crippen LogP contribution in [0, 0.1) is 5.92 Å². The Labute approximate surface area is 124 Å². The molecule has 2 rings (SSSR count). The lowest BCUT2D eigenvalue weighted by Gasteiger charge is -2.12. The molecule has 0 saturated heterocycles. The first kappa shape index (κ1) is 15.4. The fourth-order valence-electron chi connectivity index (χ4n) is 2.13. The molecule has 21 heavy (non-hydrogen) atoms. The van der Waals surface area contributed by atoms with Crippen molar-refractivity contribution in [1.29, 1.82) is 0 Å². The minimum Gasteiger partial charge on any atom is -0.391 e.